The van der Waals surface area contributed by atoms with E-state index >= 15 is 0 Å². The lowest BCUT2D eigenvalue weighted by molar-refractivity contribution is 0.524. The molecule has 8 nitrogen and oxygen atoms in total. The van der Waals surface area contributed by atoms with Crippen LogP contribution in [-0.2, 0) is 13.6 Å². The zero-order valence-electron chi connectivity index (χ0n) is 15.1. The van der Waals surface area contributed by atoms with Crippen molar-refractivity contribution < 1.29 is 0 Å². The monoisotopic (exact) mass is 354 g/mol. The Balaban J connectivity index is 2.02. The van der Waals surface area contributed by atoms with Crippen molar-refractivity contribution in [2.24, 2.45) is 18.1 Å². The number of benzene rings is 1. The lowest BCUT2D eigenvalue weighted by Gasteiger charge is -2.09. The molecule has 2 N–H and O–H groups in total. The second-order valence-corrected chi connectivity index (χ2v) is 6.54. The minimum Gasteiger partial charge on any atom is -0.303 e. The predicted molar refractivity (Wildman–Crippen MR) is 103 cm³/mol. The molecule has 0 atom stereocenters. The van der Waals surface area contributed by atoms with Gasteiger partial charge in [-0.3, -0.25) is 14.3 Å². The molecule has 3 aromatic rings. The minimum absolute atomic E-state index is 0.333. The molecule has 0 aliphatic carbocycles. The summed E-state index contributed by atoms with van der Waals surface area (Å²) in [4.78, 5) is 30.9. The van der Waals surface area contributed by atoms with E-state index in [1.807, 2.05) is 30.3 Å². The molecule has 0 radical (unpaired) electrons. The number of imidazole rings is 1. The van der Waals surface area contributed by atoms with Crippen LogP contribution >= 0.6 is 0 Å². The van der Waals surface area contributed by atoms with E-state index in [0.29, 0.717) is 29.6 Å². The van der Waals surface area contributed by atoms with Gasteiger partial charge in [0.2, 0.25) is 5.95 Å². The first-order valence-corrected chi connectivity index (χ1v) is 8.51. The first-order chi connectivity index (χ1) is 12.5. The van der Waals surface area contributed by atoms with Gasteiger partial charge in [0.05, 0.1) is 6.21 Å². The molecule has 8 heteroatoms. The molecular formula is C18H22N6O2. The van der Waals surface area contributed by atoms with Gasteiger partial charge >= 0.3 is 5.69 Å². The Morgan fingerprint density at radius 1 is 1.27 bits per heavy atom. The normalized spacial score (nSPS) is 11.7. The van der Waals surface area contributed by atoms with Crippen LogP contribution < -0.4 is 16.7 Å². The third-order valence-electron chi connectivity index (χ3n) is 4.11. The van der Waals surface area contributed by atoms with Crippen molar-refractivity contribution >= 4 is 23.3 Å². The summed E-state index contributed by atoms with van der Waals surface area (Å²) in [7, 11) is 1.58. The van der Waals surface area contributed by atoms with Gasteiger partial charge in [-0.25, -0.2) is 10.2 Å². The molecule has 3 rings (SSSR count). The van der Waals surface area contributed by atoms with Crippen LogP contribution in [0.25, 0.3) is 11.2 Å². The molecule has 0 unspecified atom stereocenters. The summed E-state index contributed by atoms with van der Waals surface area (Å²) >= 11 is 0. The third-order valence-corrected chi connectivity index (χ3v) is 4.11. The number of aromatic nitrogens is 4. The lowest BCUT2D eigenvalue weighted by atomic mass is 10.1. The minimum atomic E-state index is -0.490. The number of aromatic amines is 1. The number of hydrogen-bond acceptors (Lipinski definition) is 5. The maximum Gasteiger partial charge on any atom is 0.329 e. The fourth-order valence-corrected chi connectivity index (χ4v) is 2.63. The van der Waals surface area contributed by atoms with E-state index in [-0.39, 0.29) is 0 Å². The third kappa shape index (κ3) is 3.58. The Morgan fingerprint density at radius 2 is 2.00 bits per heavy atom. The van der Waals surface area contributed by atoms with E-state index < -0.39 is 11.2 Å². The van der Waals surface area contributed by atoms with E-state index in [2.05, 4.69) is 34.3 Å². The molecule has 2 aromatic heterocycles. The average molecular weight is 354 g/mol. The lowest BCUT2D eigenvalue weighted by Crippen LogP contribution is -2.29. The van der Waals surface area contributed by atoms with E-state index in [9.17, 15) is 9.59 Å². The van der Waals surface area contributed by atoms with Gasteiger partial charge in [-0.05, 0) is 17.9 Å². The average Bonchev–Trinajstić information content (AvgIpc) is 2.98. The highest BCUT2D eigenvalue weighted by molar-refractivity contribution is 5.80. The number of anilines is 1. The quantitative estimate of drug-likeness (QED) is 0.522. The summed E-state index contributed by atoms with van der Waals surface area (Å²) < 4.78 is 3.10. The standard InChI is InChI=1S/C18H22N6O2/c1-12(2)9-10-24-14-15(23(3)18(26)21-16(14)25)20-17(24)22-19-11-13-7-5-4-6-8-13/h4-8,11-12H,9-10H2,1-3H3,(H,20,22)(H,21,25,26)/b19-11-. The van der Waals surface area contributed by atoms with Gasteiger partial charge in [0.1, 0.15) is 0 Å². The Labute approximate surface area is 150 Å². The summed E-state index contributed by atoms with van der Waals surface area (Å²) in [6, 6.07) is 9.65. The molecule has 0 aliphatic rings. The summed E-state index contributed by atoms with van der Waals surface area (Å²) in [5.74, 6) is 0.888. The zero-order valence-corrected chi connectivity index (χ0v) is 15.1. The number of hydrazone groups is 1. The van der Waals surface area contributed by atoms with Gasteiger partial charge in [0.25, 0.3) is 5.56 Å². The summed E-state index contributed by atoms with van der Waals surface area (Å²) in [5.41, 5.74) is 3.61. The first-order valence-electron chi connectivity index (χ1n) is 8.51. The fourth-order valence-electron chi connectivity index (χ4n) is 2.63. The topological polar surface area (TPSA) is 97.1 Å². The van der Waals surface area contributed by atoms with Crippen LogP contribution in [0.15, 0.2) is 45.0 Å². The van der Waals surface area contributed by atoms with Crippen molar-refractivity contribution in [2.45, 2.75) is 26.8 Å². The van der Waals surface area contributed by atoms with Crippen LogP contribution in [-0.4, -0.2) is 25.3 Å². The Hall–Kier alpha value is -3.16. The van der Waals surface area contributed by atoms with Crippen LogP contribution in [0.5, 0.6) is 0 Å². The molecule has 0 amide bonds. The van der Waals surface area contributed by atoms with E-state index in [1.165, 1.54) is 4.57 Å². The molecule has 26 heavy (non-hydrogen) atoms. The van der Waals surface area contributed by atoms with Gasteiger partial charge in [0.15, 0.2) is 11.2 Å². The highest BCUT2D eigenvalue weighted by Crippen LogP contribution is 2.17. The maximum absolute atomic E-state index is 12.3. The number of hydrogen-bond donors (Lipinski definition) is 2. The molecule has 0 aliphatic heterocycles. The summed E-state index contributed by atoms with van der Waals surface area (Å²) in [6.45, 7) is 4.82. The summed E-state index contributed by atoms with van der Waals surface area (Å²) in [6.07, 6.45) is 2.54. The van der Waals surface area contributed by atoms with Crippen molar-refractivity contribution in [1.82, 2.24) is 19.1 Å². The largest absolute Gasteiger partial charge is 0.329 e. The second kappa shape index (κ2) is 7.38. The van der Waals surface area contributed by atoms with Gasteiger partial charge < -0.3 is 4.57 Å². The first kappa shape index (κ1) is 17.7. The molecule has 0 spiro atoms. The van der Waals surface area contributed by atoms with Crippen molar-refractivity contribution in [1.29, 1.82) is 0 Å². The van der Waals surface area contributed by atoms with E-state index in [1.54, 1.807) is 17.8 Å². The van der Waals surface area contributed by atoms with Gasteiger partial charge in [0, 0.05) is 13.6 Å². The molecule has 0 bridgehead atoms. The SMILES string of the molecule is CC(C)CCn1c(N/N=C\c2ccccc2)nc2c1c(=O)[nH]c(=O)n2C. The van der Waals surface area contributed by atoms with Crippen LogP contribution in [0.2, 0.25) is 0 Å². The molecule has 1 aromatic carbocycles. The summed E-state index contributed by atoms with van der Waals surface area (Å²) in [5, 5.41) is 4.22. The molecule has 2 heterocycles. The van der Waals surface area contributed by atoms with E-state index in [4.69, 9.17) is 0 Å². The van der Waals surface area contributed by atoms with Crippen LogP contribution in [0, 0.1) is 5.92 Å². The van der Waals surface area contributed by atoms with Crippen molar-refractivity contribution in [3.05, 3.63) is 56.7 Å². The maximum atomic E-state index is 12.3. The number of H-pyrrole nitrogens is 1. The number of nitrogens with one attached hydrogen (secondary N) is 2. The number of nitrogens with zero attached hydrogens (tertiary/aromatic N) is 4. The smallest absolute Gasteiger partial charge is 0.303 e. The molecule has 0 fully saturated rings. The Bertz CT molecular complexity index is 1040. The van der Waals surface area contributed by atoms with Gasteiger partial charge in [-0.1, -0.05) is 44.2 Å². The number of aryl methyl sites for hydroxylation is 2. The van der Waals surface area contributed by atoms with Crippen LogP contribution in [0.1, 0.15) is 25.8 Å². The number of rotatable bonds is 6. The van der Waals surface area contributed by atoms with Crippen LogP contribution in [0.3, 0.4) is 0 Å². The molecule has 0 saturated heterocycles. The van der Waals surface area contributed by atoms with Gasteiger partial charge in [-0.15, -0.1) is 0 Å². The van der Waals surface area contributed by atoms with Crippen LogP contribution in [0.4, 0.5) is 5.95 Å². The Morgan fingerprint density at radius 3 is 2.69 bits per heavy atom. The van der Waals surface area contributed by atoms with Crippen molar-refractivity contribution in [3.8, 4) is 0 Å². The second-order valence-electron chi connectivity index (χ2n) is 6.54. The van der Waals surface area contributed by atoms with Gasteiger partial charge in [-0.2, -0.15) is 10.1 Å². The Kier molecular flexibility index (Phi) is 5.01. The highest BCUT2D eigenvalue weighted by Gasteiger charge is 2.17. The fraction of sp³-hybridized carbons (Fsp3) is 0.333. The molecule has 0 saturated carbocycles. The predicted octanol–water partition coefficient (Wildman–Crippen LogP) is 1.92. The van der Waals surface area contributed by atoms with Crippen molar-refractivity contribution in [3.63, 3.8) is 0 Å². The zero-order chi connectivity index (χ0) is 18.7. The van der Waals surface area contributed by atoms with E-state index in [0.717, 1.165) is 12.0 Å². The number of fused-ring (bicyclic) bond motifs is 1. The molecule has 136 valence electrons. The van der Waals surface area contributed by atoms with Crippen molar-refractivity contribution in [2.75, 3.05) is 5.43 Å². The highest BCUT2D eigenvalue weighted by atomic mass is 16.2. The molecular weight excluding hydrogens is 332 g/mol.